The van der Waals surface area contributed by atoms with Crippen LogP contribution in [0.3, 0.4) is 0 Å². The van der Waals surface area contributed by atoms with Crippen molar-refractivity contribution < 1.29 is 9.53 Å². The van der Waals surface area contributed by atoms with Crippen molar-refractivity contribution in [2.24, 2.45) is 0 Å². The van der Waals surface area contributed by atoms with Gasteiger partial charge in [-0.1, -0.05) is 18.2 Å². The number of ether oxygens (including phenoxy) is 1. The molecule has 0 atom stereocenters. The third-order valence-corrected chi connectivity index (χ3v) is 2.11. The number of hydrogen-bond donors (Lipinski definition) is 1. The molecule has 0 saturated heterocycles. The first-order valence-electron chi connectivity index (χ1n) is 4.69. The van der Waals surface area contributed by atoms with Gasteiger partial charge in [-0.2, -0.15) is 5.21 Å². The molecule has 1 aromatic carbocycles. The molecule has 0 spiro atoms. The molecular weight excluding hydrogens is 208 g/mol. The molecule has 6 nitrogen and oxygen atoms in total. The predicted octanol–water partition coefficient (Wildman–Crippen LogP) is 0.582. The fraction of sp³-hybridized carbons (Fsp3) is 0.200. The molecule has 0 aliphatic rings. The molecular formula is C10H10N4O2. The first kappa shape index (κ1) is 10.3. The molecule has 0 fully saturated rings. The van der Waals surface area contributed by atoms with Crippen molar-refractivity contribution in [2.45, 2.75) is 6.42 Å². The number of hydrogen-bond acceptors (Lipinski definition) is 5. The van der Waals surface area contributed by atoms with Crippen LogP contribution in [0.5, 0.6) is 0 Å². The van der Waals surface area contributed by atoms with Crippen molar-refractivity contribution >= 4 is 5.97 Å². The summed E-state index contributed by atoms with van der Waals surface area (Å²) in [5.74, 6) is 0.233. The molecule has 2 aromatic rings. The van der Waals surface area contributed by atoms with Gasteiger partial charge in [-0.25, -0.2) is 0 Å². The molecule has 2 rings (SSSR count). The Labute approximate surface area is 91.6 Å². The van der Waals surface area contributed by atoms with Crippen LogP contribution in [0, 0.1) is 0 Å². The lowest BCUT2D eigenvalue weighted by molar-refractivity contribution is -0.139. The van der Waals surface area contributed by atoms with Crippen LogP contribution in [0.25, 0.3) is 11.4 Å². The number of nitrogens with one attached hydrogen (secondary N) is 1. The third-order valence-electron chi connectivity index (χ3n) is 2.11. The number of carbonyl (C=O) groups excluding carboxylic acids is 1. The van der Waals surface area contributed by atoms with Crippen LogP contribution in [0.1, 0.15) is 5.56 Å². The quantitative estimate of drug-likeness (QED) is 0.762. The molecule has 0 saturated carbocycles. The second-order valence-electron chi connectivity index (χ2n) is 3.19. The summed E-state index contributed by atoms with van der Waals surface area (Å²) < 4.78 is 4.60. The van der Waals surface area contributed by atoms with Crippen molar-refractivity contribution in [1.29, 1.82) is 0 Å². The minimum absolute atomic E-state index is 0.238. The lowest BCUT2D eigenvalue weighted by Gasteiger charge is -2.01. The van der Waals surface area contributed by atoms with Gasteiger partial charge < -0.3 is 4.74 Å². The van der Waals surface area contributed by atoms with E-state index in [1.165, 1.54) is 7.11 Å². The number of benzene rings is 1. The SMILES string of the molecule is COC(=O)Cc1cccc(-c2nn[nH]n2)c1. The third kappa shape index (κ3) is 2.22. The number of aromatic nitrogens is 4. The van der Waals surface area contributed by atoms with E-state index in [4.69, 9.17) is 0 Å². The van der Waals surface area contributed by atoms with Gasteiger partial charge in [0, 0.05) is 5.56 Å². The Balaban J connectivity index is 2.23. The number of aromatic amines is 1. The van der Waals surface area contributed by atoms with Crippen molar-refractivity contribution in [3.8, 4) is 11.4 Å². The highest BCUT2D eigenvalue weighted by Gasteiger charge is 2.06. The maximum atomic E-state index is 11.1. The van der Waals surface area contributed by atoms with Gasteiger partial charge >= 0.3 is 5.97 Å². The summed E-state index contributed by atoms with van der Waals surface area (Å²) >= 11 is 0. The summed E-state index contributed by atoms with van der Waals surface area (Å²) in [6, 6.07) is 7.37. The minimum atomic E-state index is -0.273. The zero-order valence-corrected chi connectivity index (χ0v) is 8.67. The second-order valence-corrected chi connectivity index (χ2v) is 3.19. The van der Waals surface area contributed by atoms with Crippen molar-refractivity contribution in [3.05, 3.63) is 29.8 Å². The summed E-state index contributed by atoms with van der Waals surface area (Å²) in [6.45, 7) is 0. The molecule has 0 amide bonds. The summed E-state index contributed by atoms with van der Waals surface area (Å²) in [7, 11) is 1.37. The Hall–Kier alpha value is -2.24. The molecule has 0 radical (unpaired) electrons. The Morgan fingerprint density at radius 1 is 1.50 bits per heavy atom. The molecule has 82 valence electrons. The number of carbonyl (C=O) groups is 1. The molecule has 16 heavy (non-hydrogen) atoms. The average molecular weight is 218 g/mol. The van der Waals surface area contributed by atoms with E-state index in [2.05, 4.69) is 25.4 Å². The Morgan fingerprint density at radius 3 is 3.06 bits per heavy atom. The molecule has 0 bridgehead atoms. The summed E-state index contributed by atoms with van der Waals surface area (Å²) in [5, 5.41) is 13.6. The molecule has 1 heterocycles. The first-order valence-corrected chi connectivity index (χ1v) is 4.69. The largest absolute Gasteiger partial charge is 0.469 e. The van der Waals surface area contributed by atoms with Crippen LogP contribution in [0.2, 0.25) is 0 Å². The molecule has 1 N–H and O–H groups in total. The van der Waals surface area contributed by atoms with Gasteiger partial charge in [-0.15, -0.1) is 10.2 Å². The van der Waals surface area contributed by atoms with Gasteiger partial charge in [0.15, 0.2) is 0 Å². The fourth-order valence-electron chi connectivity index (χ4n) is 1.34. The van der Waals surface area contributed by atoms with Crippen molar-refractivity contribution in [2.75, 3.05) is 7.11 Å². The van der Waals surface area contributed by atoms with Crippen LogP contribution in [-0.4, -0.2) is 33.7 Å². The van der Waals surface area contributed by atoms with Gasteiger partial charge in [0.1, 0.15) is 0 Å². The minimum Gasteiger partial charge on any atom is -0.469 e. The summed E-state index contributed by atoms with van der Waals surface area (Å²) in [4.78, 5) is 11.1. The molecule has 6 heteroatoms. The fourth-order valence-corrected chi connectivity index (χ4v) is 1.34. The van der Waals surface area contributed by atoms with Gasteiger partial charge in [0.2, 0.25) is 5.82 Å². The summed E-state index contributed by atoms with van der Waals surface area (Å²) in [5.41, 5.74) is 1.67. The molecule has 1 aromatic heterocycles. The van der Waals surface area contributed by atoms with Crippen LogP contribution < -0.4 is 0 Å². The molecule has 0 aliphatic carbocycles. The number of esters is 1. The van der Waals surface area contributed by atoms with E-state index in [1.54, 1.807) is 0 Å². The van der Waals surface area contributed by atoms with Crippen LogP contribution >= 0.6 is 0 Å². The Kier molecular flexibility index (Phi) is 2.90. The summed E-state index contributed by atoms with van der Waals surface area (Å²) in [6.07, 6.45) is 0.238. The zero-order chi connectivity index (χ0) is 11.4. The number of rotatable bonds is 3. The average Bonchev–Trinajstić information content (AvgIpc) is 2.83. The van der Waals surface area contributed by atoms with Crippen LogP contribution in [0.4, 0.5) is 0 Å². The van der Waals surface area contributed by atoms with E-state index in [0.717, 1.165) is 11.1 Å². The highest BCUT2D eigenvalue weighted by atomic mass is 16.5. The van der Waals surface area contributed by atoms with E-state index >= 15 is 0 Å². The van der Waals surface area contributed by atoms with E-state index in [0.29, 0.717) is 5.82 Å². The van der Waals surface area contributed by atoms with Crippen LogP contribution in [-0.2, 0) is 16.0 Å². The monoisotopic (exact) mass is 218 g/mol. The lowest BCUT2D eigenvalue weighted by atomic mass is 10.1. The Bertz CT molecular complexity index is 481. The maximum Gasteiger partial charge on any atom is 0.309 e. The van der Waals surface area contributed by atoms with Gasteiger partial charge in [-0.05, 0) is 16.8 Å². The molecule has 0 unspecified atom stereocenters. The normalized spacial score (nSPS) is 10.1. The van der Waals surface area contributed by atoms with Crippen molar-refractivity contribution in [3.63, 3.8) is 0 Å². The molecule has 0 aliphatic heterocycles. The van der Waals surface area contributed by atoms with Gasteiger partial charge in [0.05, 0.1) is 13.5 Å². The van der Waals surface area contributed by atoms with Gasteiger partial charge in [-0.3, -0.25) is 4.79 Å². The highest BCUT2D eigenvalue weighted by Crippen LogP contribution is 2.15. The maximum absolute atomic E-state index is 11.1. The van der Waals surface area contributed by atoms with E-state index < -0.39 is 0 Å². The van der Waals surface area contributed by atoms with E-state index in [-0.39, 0.29) is 12.4 Å². The lowest BCUT2D eigenvalue weighted by Crippen LogP contribution is -2.04. The van der Waals surface area contributed by atoms with Crippen LogP contribution in [0.15, 0.2) is 24.3 Å². The zero-order valence-electron chi connectivity index (χ0n) is 8.67. The number of H-pyrrole nitrogens is 1. The number of tetrazole rings is 1. The standard InChI is InChI=1S/C10H10N4O2/c1-16-9(15)6-7-3-2-4-8(5-7)10-11-13-14-12-10/h2-5H,6H2,1H3,(H,11,12,13,14). The topological polar surface area (TPSA) is 80.8 Å². The Morgan fingerprint density at radius 2 is 2.38 bits per heavy atom. The highest BCUT2D eigenvalue weighted by molar-refractivity contribution is 5.73. The van der Waals surface area contributed by atoms with E-state index in [1.807, 2.05) is 24.3 Å². The van der Waals surface area contributed by atoms with Crippen molar-refractivity contribution in [1.82, 2.24) is 20.6 Å². The first-order chi connectivity index (χ1) is 7.79. The number of nitrogens with zero attached hydrogens (tertiary/aromatic N) is 3. The van der Waals surface area contributed by atoms with E-state index in [9.17, 15) is 4.79 Å². The smallest absolute Gasteiger partial charge is 0.309 e. The van der Waals surface area contributed by atoms with Gasteiger partial charge in [0.25, 0.3) is 0 Å². The number of methoxy groups -OCH3 is 1. The predicted molar refractivity (Wildman–Crippen MR) is 55.3 cm³/mol. The second kappa shape index (κ2) is 4.52.